The molecule has 27 heavy (non-hydrogen) atoms. The zero-order valence-electron chi connectivity index (χ0n) is 15.9. The van der Waals surface area contributed by atoms with Crippen LogP contribution in [0.25, 0.3) is 11.0 Å². The van der Waals surface area contributed by atoms with Gasteiger partial charge < -0.3 is 9.32 Å². The van der Waals surface area contributed by atoms with E-state index in [0.29, 0.717) is 24.6 Å². The van der Waals surface area contributed by atoms with Gasteiger partial charge in [0.1, 0.15) is 11.5 Å². The van der Waals surface area contributed by atoms with Crippen molar-refractivity contribution in [1.29, 1.82) is 0 Å². The van der Waals surface area contributed by atoms with Crippen molar-refractivity contribution in [2.45, 2.75) is 52.0 Å². The highest BCUT2D eigenvalue weighted by Gasteiger charge is 2.31. The second-order valence-electron chi connectivity index (χ2n) is 7.75. The molecule has 1 amide bonds. The number of nitrogens with zero attached hydrogens (tertiary/aromatic N) is 5. The standard InChI is InChI=1S/C20H23N5O2/c1-11-9-14(17-12(2)23-24(3)18(17)21-11)20(26)25-8-7-16-15(10-25)22-19(27-16)13-5-4-6-13/h9,13H,4-8,10H2,1-3H3. The molecule has 0 spiro atoms. The second-order valence-corrected chi connectivity index (χ2v) is 7.75. The molecule has 0 aromatic carbocycles. The maximum atomic E-state index is 13.3. The molecule has 0 bridgehead atoms. The maximum Gasteiger partial charge on any atom is 0.255 e. The fourth-order valence-corrected chi connectivity index (χ4v) is 4.13. The van der Waals surface area contributed by atoms with E-state index < -0.39 is 0 Å². The number of rotatable bonds is 2. The zero-order valence-corrected chi connectivity index (χ0v) is 15.9. The quantitative estimate of drug-likeness (QED) is 0.698. The van der Waals surface area contributed by atoms with Crippen LogP contribution in [0, 0.1) is 13.8 Å². The third-order valence-corrected chi connectivity index (χ3v) is 5.81. The molecule has 1 aliphatic carbocycles. The Balaban J connectivity index is 1.48. The van der Waals surface area contributed by atoms with Gasteiger partial charge in [-0.1, -0.05) is 6.42 Å². The van der Waals surface area contributed by atoms with E-state index in [1.54, 1.807) is 4.68 Å². The average molecular weight is 365 g/mol. The highest BCUT2D eigenvalue weighted by molar-refractivity contribution is 6.06. The number of aromatic nitrogens is 4. The van der Waals surface area contributed by atoms with Crippen LogP contribution in [0.2, 0.25) is 0 Å². The van der Waals surface area contributed by atoms with Crippen molar-refractivity contribution >= 4 is 16.9 Å². The first-order valence-electron chi connectivity index (χ1n) is 9.60. The van der Waals surface area contributed by atoms with Crippen LogP contribution in [0.3, 0.4) is 0 Å². The summed E-state index contributed by atoms with van der Waals surface area (Å²) in [5.74, 6) is 2.31. The van der Waals surface area contributed by atoms with E-state index in [-0.39, 0.29) is 5.91 Å². The summed E-state index contributed by atoms with van der Waals surface area (Å²) in [6, 6.07) is 1.87. The molecule has 1 aliphatic heterocycles. The van der Waals surface area contributed by atoms with Gasteiger partial charge >= 0.3 is 0 Å². The zero-order chi connectivity index (χ0) is 18.7. The van der Waals surface area contributed by atoms with Crippen molar-refractivity contribution < 1.29 is 9.21 Å². The monoisotopic (exact) mass is 365 g/mol. The number of hydrogen-bond acceptors (Lipinski definition) is 5. The number of pyridine rings is 1. The third kappa shape index (κ3) is 2.56. The summed E-state index contributed by atoms with van der Waals surface area (Å²) in [4.78, 5) is 24.5. The SMILES string of the molecule is Cc1cc(C(=O)N2CCc3oc(C4CCC4)nc3C2)c2c(C)nn(C)c2n1. The van der Waals surface area contributed by atoms with Crippen molar-refractivity contribution in [3.63, 3.8) is 0 Å². The molecular formula is C20H23N5O2. The Hall–Kier alpha value is -2.70. The van der Waals surface area contributed by atoms with E-state index in [2.05, 4.69) is 10.1 Å². The summed E-state index contributed by atoms with van der Waals surface area (Å²) in [6.45, 7) is 4.99. The van der Waals surface area contributed by atoms with E-state index in [4.69, 9.17) is 9.40 Å². The smallest absolute Gasteiger partial charge is 0.255 e. The summed E-state index contributed by atoms with van der Waals surface area (Å²) in [5, 5.41) is 5.29. The van der Waals surface area contributed by atoms with E-state index in [9.17, 15) is 4.79 Å². The molecule has 0 unspecified atom stereocenters. The van der Waals surface area contributed by atoms with Crippen LogP contribution in [-0.2, 0) is 20.0 Å². The molecule has 5 rings (SSSR count). The Morgan fingerprint density at radius 1 is 1.26 bits per heavy atom. The first-order chi connectivity index (χ1) is 13.0. The van der Waals surface area contributed by atoms with Crippen molar-refractivity contribution in [1.82, 2.24) is 24.6 Å². The van der Waals surface area contributed by atoms with E-state index in [1.165, 1.54) is 6.42 Å². The number of carbonyl (C=O) groups is 1. The van der Waals surface area contributed by atoms with E-state index >= 15 is 0 Å². The summed E-state index contributed by atoms with van der Waals surface area (Å²) >= 11 is 0. The first kappa shape index (κ1) is 16.5. The van der Waals surface area contributed by atoms with Gasteiger partial charge in [-0.15, -0.1) is 0 Å². The topological polar surface area (TPSA) is 77.0 Å². The number of carbonyl (C=O) groups excluding carboxylic acids is 1. The Morgan fingerprint density at radius 2 is 2.07 bits per heavy atom. The lowest BCUT2D eigenvalue weighted by Gasteiger charge is -2.25. The molecule has 3 aromatic rings. The van der Waals surface area contributed by atoms with Crippen LogP contribution in [-0.4, -0.2) is 37.1 Å². The molecular weight excluding hydrogens is 342 g/mol. The van der Waals surface area contributed by atoms with Crippen molar-refractivity contribution in [3.05, 3.63) is 40.4 Å². The van der Waals surface area contributed by atoms with Gasteiger partial charge in [-0.05, 0) is 32.8 Å². The highest BCUT2D eigenvalue weighted by atomic mass is 16.4. The van der Waals surface area contributed by atoms with Crippen LogP contribution < -0.4 is 0 Å². The minimum Gasteiger partial charge on any atom is -0.445 e. The Labute approximate surface area is 157 Å². The molecule has 3 aromatic heterocycles. The summed E-state index contributed by atoms with van der Waals surface area (Å²) in [5.41, 5.74) is 3.99. The van der Waals surface area contributed by atoms with Crippen LogP contribution >= 0.6 is 0 Å². The maximum absolute atomic E-state index is 13.3. The van der Waals surface area contributed by atoms with E-state index in [0.717, 1.165) is 59.0 Å². The molecule has 140 valence electrons. The van der Waals surface area contributed by atoms with Gasteiger partial charge in [0.05, 0.1) is 23.2 Å². The molecule has 1 fully saturated rings. The average Bonchev–Trinajstić information content (AvgIpc) is 3.12. The Morgan fingerprint density at radius 3 is 2.81 bits per heavy atom. The minimum absolute atomic E-state index is 0.0143. The summed E-state index contributed by atoms with van der Waals surface area (Å²) < 4.78 is 7.72. The van der Waals surface area contributed by atoms with Gasteiger partial charge in [0.25, 0.3) is 5.91 Å². The van der Waals surface area contributed by atoms with E-state index in [1.807, 2.05) is 31.9 Å². The highest BCUT2D eigenvalue weighted by Crippen LogP contribution is 2.37. The predicted molar refractivity (Wildman–Crippen MR) is 99.5 cm³/mol. The fraction of sp³-hybridized carbons (Fsp3) is 0.500. The Kier molecular flexibility index (Phi) is 3.60. The van der Waals surface area contributed by atoms with Gasteiger partial charge in [-0.3, -0.25) is 9.48 Å². The predicted octanol–water partition coefficient (Wildman–Crippen LogP) is 3.04. The molecule has 1 saturated carbocycles. The second kappa shape index (κ2) is 5.90. The van der Waals surface area contributed by atoms with Crippen LogP contribution in [0.1, 0.15) is 64.3 Å². The lowest BCUT2D eigenvalue weighted by Crippen LogP contribution is -2.36. The van der Waals surface area contributed by atoms with Crippen LogP contribution in [0.4, 0.5) is 0 Å². The third-order valence-electron chi connectivity index (χ3n) is 5.81. The molecule has 0 saturated heterocycles. The van der Waals surface area contributed by atoms with Crippen molar-refractivity contribution in [2.75, 3.05) is 6.54 Å². The lowest BCUT2D eigenvalue weighted by atomic mass is 9.85. The van der Waals surface area contributed by atoms with Crippen LogP contribution in [0.15, 0.2) is 10.5 Å². The van der Waals surface area contributed by atoms with Crippen molar-refractivity contribution in [2.24, 2.45) is 7.05 Å². The largest absolute Gasteiger partial charge is 0.445 e. The van der Waals surface area contributed by atoms with Gasteiger partial charge in [0.15, 0.2) is 11.5 Å². The minimum atomic E-state index is 0.0143. The summed E-state index contributed by atoms with van der Waals surface area (Å²) in [6.07, 6.45) is 4.30. The van der Waals surface area contributed by atoms with Crippen LogP contribution in [0.5, 0.6) is 0 Å². The number of amides is 1. The molecule has 7 heteroatoms. The molecule has 0 radical (unpaired) electrons. The van der Waals surface area contributed by atoms with Gasteiger partial charge in [-0.2, -0.15) is 5.10 Å². The van der Waals surface area contributed by atoms with Gasteiger partial charge in [-0.25, -0.2) is 9.97 Å². The fourth-order valence-electron chi connectivity index (χ4n) is 4.13. The normalized spacial score (nSPS) is 17.2. The molecule has 7 nitrogen and oxygen atoms in total. The number of oxazole rings is 1. The Bertz CT molecular complexity index is 1060. The van der Waals surface area contributed by atoms with Gasteiger partial charge in [0, 0.05) is 31.6 Å². The number of hydrogen-bond donors (Lipinski definition) is 0. The molecule has 0 atom stereocenters. The van der Waals surface area contributed by atoms with Crippen molar-refractivity contribution in [3.8, 4) is 0 Å². The molecule has 4 heterocycles. The lowest BCUT2D eigenvalue weighted by molar-refractivity contribution is 0.0729. The molecule has 2 aliphatic rings. The first-order valence-corrected chi connectivity index (χ1v) is 9.60. The molecule has 0 N–H and O–H groups in total. The number of fused-ring (bicyclic) bond motifs is 2. The summed E-state index contributed by atoms with van der Waals surface area (Å²) in [7, 11) is 1.86. The number of aryl methyl sites for hydroxylation is 3. The van der Waals surface area contributed by atoms with Gasteiger partial charge in [0.2, 0.25) is 0 Å².